The van der Waals surface area contributed by atoms with Crippen molar-refractivity contribution in [3.63, 3.8) is 0 Å². The number of esters is 1. The number of carbonyl (C=O) groups excluding carboxylic acids is 3. The molecule has 0 aromatic heterocycles. The van der Waals surface area contributed by atoms with Gasteiger partial charge in [0.2, 0.25) is 6.04 Å². The molecule has 5 atom stereocenters. The van der Waals surface area contributed by atoms with Gasteiger partial charge < -0.3 is 9.84 Å². The fraction of sp³-hybridized carbons (Fsp3) is 0.323. The SMILES string of the molecule is CCOC(=O)[C@H]1[C@@H](c2ccccc2)[C@@H]([N+](=O)[O-])[C@H](c2ccc(C)cc2)C2(C(=O)c3ccccc3C2=O)[C@]1(O)C(F)(F)F. The molecule has 218 valence electrons. The lowest BCUT2D eigenvalue weighted by atomic mass is 9.45. The first-order valence-corrected chi connectivity index (χ1v) is 13.2. The Bertz CT molecular complexity index is 1540. The number of ether oxygens (including phenoxy) is 1. The molecule has 1 N–H and O–H groups in total. The molecule has 0 heterocycles. The molecule has 0 bridgehead atoms. The van der Waals surface area contributed by atoms with Crippen LogP contribution in [0.5, 0.6) is 0 Å². The first-order chi connectivity index (χ1) is 19.8. The number of Topliss-reactive ketones (excluding diaryl/α,β-unsaturated/α-hetero) is 2. The van der Waals surface area contributed by atoms with Crippen LogP contribution in [0.25, 0.3) is 0 Å². The smallest absolute Gasteiger partial charge is 0.419 e. The topological polar surface area (TPSA) is 124 Å². The second-order valence-corrected chi connectivity index (χ2v) is 10.6. The van der Waals surface area contributed by atoms with E-state index in [9.17, 15) is 29.6 Å². The summed E-state index contributed by atoms with van der Waals surface area (Å²) in [5.41, 5.74) is -8.34. The van der Waals surface area contributed by atoms with Gasteiger partial charge in [-0.05, 0) is 25.0 Å². The molecule has 42 heavy (non-hydrogen) atoms. The van der Waals surface area contributed by atoms with Crippen molar-refractivity contribution >= 4 is 17.5 Å². The molecule has 1 fully saturated rings. The van der Waals surface area contributed by atoms with Gasteiger partial charge in [-0.2, -0.15) is 13.2 Å². The highest BCUT2D eigenvalue weighted by Gasteiger charge is 2.87. The highest BCUT2D eigenvalue weighted by Crippen LogP contribution is 2.68. The number of fused-ring (bicyclic) bond motifs is 1. The summed E-state index contributed by atoms with van der Waals surface area (Å²) < 4.78 is 52.1. The van der Waals surface area contributed by atoms with E-state index in [-0.39, 0.29) is 11.1 Å². The van der Waals surface area contributed by atoms with Crippen LogP contribution in [0.3, 0.4) is 0 Å². The van der Waals surface area contributed by atoms with E-state index in [4.69, 9.17) is 4.74 Å². The molecule has 0 radical (unpaired) electrons. The van der Waals surface area contributed by atoms with Crippen molar-refractivity contribution in [1.82, 2.24) is 0 Å². The summed E-state index contributed by atoms with van der Waals surface area (Å²) in [6, 6.07) is 15.4. The first-order valence-electron chi connectivity index (χ1n) is 13.2. The van der Waals surface area contributed by atoms with Crippen molar-refractivity contribution in [3.05, 3.63) is 117 Å². The molecule has 2 aliphatic rings. The van der Waals surface area contributed by atoms with Crippen LogP contribution in [0.15, 0.2) is 78.9 Å². The van der Waals surface area contributed by atoms with Gasteiger partial charge in [0, 0.05) is 16.1 Å². The Morgan fingerprint density at radius 3 is 1.93 bits per heavy atom. The van der Waals surface area contributed by atoms with Gasteiger partial charge in [0.05, 0.1) is 18.4 Å². The van der Waals surface area contributed by atoms with E-state index in [0.29, 0.717) is 5.56 Å². The number of carbonyl (C=O) groups is 3. The highest BCUT2D eigenvalue weighted by atomic mass is 19.4. The van der Waals surface area contributed by atoms with Crippen molar-refractivity contribution in [3.8, 4) is 0 Å². The van der Waals surface area contributed by atoms with Crippen LogP contribution in [-0.4, -0.2) is 52.0 Å². The van der Waals surface area contributed by atoms with E-state index in [0.717, 1.165) is 12.1 Å². The molecule has 0 saturated heterocycles. The lowest BCUT2D eigenvalue weighted by Gasteiger charge is -2.56. The van der Waals surface area contributed by atoms with Gasteiger partial charge in [0.1, 0.15) is 11.3 Å². The third-order valence-corrected chi connectivity index (χ3v) is 8.56. The monoisotopic (exact) mass is 581 g/mol. The van der Waals surface area contributed by atoms with Crippen LogP contribution in [0.2, 0.25) is 0 Å². The summed E-state index contributed by atoms with van der Waals surface area (Å²) >= 11 is 0. The molecule has 1 saturated carbocycles. The Kier molecular flexibility index (Phi) is 7.05. The van der Waals surface area contributed by atoms with Crippen molar-refractivity contribution < 1.29 is 42.3 Å². The van der Waals surface area contributed by atoms with E-state index < -0.39 is 81.2 Å². The summed E-state index contributed by atoms with van der Waals surface area (Å²) in [7, 11) is 0. The zero-order chi connectivity index (χ0) is 30.6. The molecule has 2 aliphatic carbocycles. The van der Waals surface area contributed by atoms with Crippen LogP contribution in [-0.2, 0) is 9.53 Å². The average molecular weight is 582 g/mol. The minimum Gasteiger partial charge on any atom is -0.466 e. The molecule has 0 aliphatic heterocycles. The number of hydrogen-bond donors (Lipinski definition) is 1. The number of benzene rings is 3. The first kappa shape index (κ1) is 29.1. The molecule has 3 aromatic carbocycles. The Hall–Kier alpha value is -4.38. The summed E-state index contributed by atoms with van der Waals surface area (Å²) in [6.07, 6.45) is -5.81. The number of alkyl halides is 3. The molecular formula is C31H26F3NO7. The number of aliphatic hydroxyl groups is 1. The Balaban J connectivity index is 2.00. The number of nitrogens with zero attached hydrogens (tertiary/aromatic N) is 1. The zero-order valence-corrected chi connectivity index (χ0v) is 22.5. The number of ketones is 2. The van der Waals surface area contributed by atoms with Gasteiger partial charge in [-0.15, -0.1) is 0 Å². The number of nitro groups is 1. The minimum absolute atomic E-state index is 0.0673. The summed E-state index contributed by atoms with van der Waals surface area (Å²) in [5.74, 6) is -11.3. The largest absolute Gasteiger partial charge is 0.466 e. The molecule has 3 aromatic rings. The van der Waals surface area contributed by atoms with Crippen LogP contribution in [0, 0.1) is 28.4 Å². The van der Waals surface area contributed by atoms with Gasteiger partial charge in [-0.1, -0.05) is 84.4 Å². The maximum atomic E-state index is 15.7. The molecule has 0 amide bonds. The lowest BCUT2D eigenvalue weighted by Crippen LogP contribution is -2.76. The van der Waals surface area contributed by atoms with E-state index >= 15 is 13.2 Å². The van der Waals surface area contributed by atoms with Crippen LogP contribution in [0.4, 0.5) is 13.2 Å². The van der Waals surface area contributed by atoms with E-state index in [1.165, 1.54) is 73.7 Å². The fourth-order valence-corrected chi connectivity index (χ4v) is 6.93. The van der Waals surface area contributed by atoms with Gasteiger partial charge in [-0.25, -0.2) is 0 Å². The van der Waals surface area contributed by atoms with Gasteiger partial charge >= 0.3 is 12.1 Å². The summed E-state index contributed by atoms with van der Waals surface area (Å²) in [5, 5.41) is 25.3. The van der Waals surface area contributed by atoms with E-state index in [1.54, 1.807) is 6.92 Å². The third-order valence-electron chi connectivity index (χ3n) is 8.56. The molecule has 5 rings (SSSR count). The van der Waals surface area contributed by atoms with Gasteiger partial charge in [-0.3, -0.25) is 24.5 Å². The standard InChI is InChI=1S/C31H26F3NO7/c1-3-42-28(38)24-22(18-9-5-4-6-10-18)25(35(40)41)23(19-15-13-17(2)14-16-19)29(30(24,39)31(32,33)34)26(36)20-11-7-8-12-21(20)27(29)37/h4-16,22-25,39H,3H2,1-2H3/t22-,23+,24-,25-,30+/m1/s1. The van der Waals surface area contributed by atoms with E-state index in [1.807, 2.05) is 0 Å². The Morgan fingerprint density at radius 1 is 0.929 bits per heavy atom. The van der Waals surface area contributed by atoms with Crippen molar-refractivity contribution in [1.29, 1.82) is 0 Å². The molecule has 8 nitrogen and oxygen atoms in total. The predicted molar refractivity (Wildman–Crippen MR) is 143 cm³/mol. The Labute approximate surface area is 238 Å². The summed E-state index contributed by atoms with van der Waals surface area (Å²) in [6.45, 7) is 2.58. The van der Waals surface area contributed by atoms with Gasteiger partial charge in [0.25, 0.3) is 0 Å². The van der Waals surface area contributed by atoms with Crippen molar-refractivity contribution in [2.75, 3.05) is 6.61 Å². The second-order valence-electron chi connectivity index (χ2n) is 10.6. The van der Waals surface area contributed by atoms with Crippen LogP contribution >= 0.6 is 0 Å². The zero-order valence-electron chi connectivity index (χ0n) is 22.5. The molecule has 11 heteroatoms. The number of hydrogen-bond acceptors (Lipinski definition) is 7. The van der Waals surface area contributed by atoms with E-state index in [2.05, 4.69) is 0 Å². The van der Waals surface area contributed by atoms with Crippen molar-refractivity contribution in [2.24, 2.45) is 11.3 Å². The fourth-order valence-electron chi connectivity index (χ4n) is 6.93. The molecule has 1 spiro atoms. The maximum absolute atomic E-state index is 15.7. The number of rotatable bonds is 5. The second kappa shape index (κ2) is 10.2. The van der Waals surface area contributed by atoms with Crippen molar-refractivity contribution in [2.45, 2.75) is 43.5 Å². The molecule has 0 unspecified atom stereocenters. The normalized spacial score (nSPS) is 26.6. The Morgan fingerprint density at radius 2 is 1.45 bits per heavy atom. The van der Waals surface area contributed by atoms with Gasteiger partial charge in [0.15, 0.2) is 17.2 Å². The summed E-state index contributed by atoms with van der Waals surface area (Å²) in [4.78, 5) is 54.6. The number of aryl methyl sites for hydroxylation is 1. The third kappa shape index (κ3) is 3.83. The number of halogens is 3. The maximum Gasteiger partial charge on any atom is 0.419 e. The highest BCUT2D eigenvalue weighted by molar-refractivity contribution is 6.31. The minimum atomic E-state index is -5.81. The average Bonchev–Trinajstić information content (AvgIpc) is 3.17. The van der Waals surface area contributed by atoms with Crippen LogP contribution < -0.4 is 0 Å². The lowest BCUT2D eigenvalue weighted by molar-refractivity contribution is -0.544. The quantitative estimate of drug-likeness (QED) is 0.193. The predicted octanol–water partition coefficient (Wildman–Crippen LogP) is 5.06. The van der Waals surface area contributed by atoms with Crippen LogP contribution in [0.1, 0.15) is 56.2 Å². The molecular weight excluding hydrogens is 555 g/mol.